The van der Waals surface area contributed by atoms with E-state index >= 15 is 0 Å². The topological polar surface area (TPSA) is 81.4 Å². The predicted molar refractivity (Wildman–Crippen MR) is 117 cm³/mol. The van der Waals surface area contributed by atoms with Crippen LogP contribution in [0.25, 0.3) is 16.9 Å². The Morgan fingerprint density at radius 1 is 1.19 bits per heavy atom. The third-order valence-corrected chi connectivity index (χ3v) is 5.94. The lowest BCUT2D eigenvalue weighted by Gasteiger charge is -2.19. The number of nitrogens with zero attached hydrogens (tertiary/aromatic N) is 4. The minimum atomic E-state index is -0.804. The van der Waals surface area contributed by atoms with Crippen LogP contribution in [-0.2, 0) is 10.2 Å². The third kappa shape index (κ3) is 3.47. The van der Waals surface area contributed by atoms with Gasteiger partial charge >= 0.3 is 0 Å². The standard InChI is InChI=1S/C24H22FN5O2/c1-15(27-23(31)24(11-12-24)18-5-3-4-6-19(18)25)22-28-21-13-20(26-14-30(21)29-22)16-7-9-17(32-2)10-8-16/h3-10,13-15H,11-12H2,1-2H3,(H,27,31)/t15-/m1/s1. The fourth-order valence-electron chi connectivity index (χ4n) is 3.91. The zero-order valence-electron chi connectivity index (χ0n) is 17.7. The summed E-state index contributed by atoms with van der Waals surface area (Å²) in [5.74, 6) is 0.686. The second-order valence-electron chi connectivity index (χ2n) is 8.03. The lowest BCUT2D eigenvalue weighted by Crippen LogP contribution is -2.37. The molecule has 8 heteroatoms. The van der Waals surface area contributed by atoms with Gasteiger partial charge in [0.05, 0.1) is 24.3 Å². The second kappa shape index (κ2) is 7.71. The van der Waals surface area contributed by atoms with Crippen molar-refractivity contribution in [1.29, 1.82) is 0 Å². The summed E-state index contributed by atoms with van der Waals surface area (Å²) in [4.78, 5) is 22.0. The maximum absolute atomic E-state index is 14.3. The van der Waals surface area contributed by atoms with Crippen molar-refractivity contribution in [2.75, 3.05) is 7.11 Å². The summed E-state index contributed by atoms with van der Waals surface area (Å²) in [7, 11) is 1.62. The molecule has 1 amide bonds. The summed E-state index contributed by atoms with van der Waals surface area (Å²) in [6.07, 6.45) is 2.85. The first-order chi connectivity index (χ1) is 15.5. The molecule has 1 aliphatic carbocycles. The van der Waals surface area contributed by atoms with Gasteiger partial charge in [0.15, 0.2) is 11.5 Å². The van der Waals surface area contributed by atoms with Gasteiger partial charge in [-0.1, -0.05) is 18.2 Å². The van der Waals surface area contributed by atoms with Gasteiger partial charge in [0, 0.05) is 17.2 Å². The zero-order chi connectivity index (χ0) is 22.3. The Labute approximate surface area is 184 Å². The van der Waals surface area contributed by atoms with Crippen LogP contribution in [0.4, 0.5) is 4.39 Å². The first-order valence-electron chi connectivity index (χ1n) is 10.4. The largest absolute Gasteiger partial charge is 0.497 e. The van der Waals surface area contributed by atoms with Crippen molar-refractivity contribution in [3.05, 3.63) is 78.1 Å². The summed E-state index contributed by atoms with van der Waals surface area (Å²) >= 11 is 0. The van der Waals surface area contributed by atoms with Gasteiger partial charge in [-0.2, -0.15) is 0 Å². The van der Waals surface area contributed by atoms with Crippen molar-refractivity contribution >= 4 is 11.6 Å². The Hall–Kier alpha value is -3.81. The minimum absolute atomic E-state index is 0.203. The van der Waals surface area contributed by atoms with Crippen molar-refractivity contribution in [2.45, 2.75) is 31.2 Å². The number of benzene rings is 2. The van der Waals surface area contributed by atoms with Crippen LogP contribution in [0.15, 0.2) is 60.9 Å². The highest BCUT2D eigenvalue weighted by Crippen LogP contribution is 2.49. The van der Waals surface area contributed by atoms with Crippen molar-refractivity contribution < 1.29 is 13.9 Å². The van der Waals surface area contributed by atoms with Gasteiger partial charge in [0.1, 0.15) is 17.9 Å². The molecule has 32 heavy (non-hydrogen) atoms. The number of ether oxygens (including phenoxy) is 1. The average molecular weight is 431 g/mol. The van der Waals surface area contributed by atoms with E-state index in [0.29, 0.717) is 29.9 Å². The maximum Gasteiger partial charge on any atom is 0.231 e. The van der Waals surface area contributed by atoms with Crippen LogP contribution in [0.2, 0.25) is 0 Å². The van der Waals surface area contributed by atoms with Crippen LogP contribution >= 0.6 is 0 Å². The fraction of sp³-hybridized carbons (Fsp3) is 0.250. The van der Waals surface area contributed by atoms with Crippen molar-refractivity contribution in [1.82, 2.24) is 24.9 Å². The van der Waals surface area contributed by atoms with Gasteiger partial charge in [-0.05, 0) is 50.1 Å². The quantitative estimate of drug-likeness (QED) is 0.502. The maximum atomic E-state index is 14.3. The molecule has 2 aromatic carbocycles. The van der Waals surface area contributed by atoms with Crippen LogP contribution in [0.5, 0.6) is 5.75 Å². The Kier molecular flexibility index (Phi) is 4.84. The Bertz CT molecular complexity index is 1300. The molecule has 1 atom stereocenters. The summed E-state index contributed by atoms with van der Waals surface area (Å²) in [6, 6.07) is 15.5. The normalized spacial score (nSPS) is 15.3. The molecule has 1 N–H and O–H groups in total. The molecule has 4 aromatic rings. The van der Waals surface area contributed by atoms with Crippen molar-refractivity contribution in [2.24, 2.45) is 0 Å². The van der Waals surface area contributed by atoms with E-state index in [1.165, 1.54) is 6.07 Å². The number of hydrogen-bond acceptors (Lipinski definition) is 5. The van der Waals surface area contributed by atoms with E-state index in [0.717, 1.165) is 17.0 Å². The molecule has 0 radical (unpaired) electrons. The van der Waals surface area contributed by atoms with Crippen LogP contribution in [0, 0.1) is 5.82 Å². The Morgan fingerprint density at radius 3 is 2.62 bits per heavy atom. The van der Waals surface area contributed by atoms with Crippen LogP contribution in [-0.4, -0.2) is 32.6 Å². The number of nitrogens with one attached hydrogen (secondary N) is 1. The predicted octanol–water partition coefficient (Wildman–Crippen LogP) is 3.85. The lowest BCUT2D eigenvalue weighted by molar-refractivity contribution is -0.124. The Balaban J connectivity index is 1.36. The molecule has 1 fully saturated rings. The van der Waals surface area contributed by atoms with E-state index in [-0.39, 0.29) is 11.7 Å². The molecule has 0 bridgehead atoms. The number of rotatable bonds is 6. The highest BCUT2D eigenvalue weighted by Gasteiger charge is 2.53. The Morgan fingerprint density at radius 2 is 1.94 bits per heavy atom. The number of carbonyl (C=O) groups excluding carboxylic acids is 1. The summed E-state index contributed by atoms with van der Waals surface area (Å²) in [5, 5.41) is 7.42. The van der Waals surface area contributed by atoms with Gasteiger partial charge in [0.25, 0.3) is 0 Å². The van der Waals surface area contributed by atoms with Crippen molar-refractivity contribution in [3.8, 4) is 17.0 Å². The number of methoxy groups -OCH3 is 1. The molecular weight excluding hydrogens is 409 g/mol. The van der Waals surface area contributed by atoms with E-state index in [2.05, 4.69) is 20.4 Å². The number of amides is 1. The summed E-state index contributed by atoms with van der Waals surface area (Å²) < 4.78 is 21.1. The first-order valence-corrected chi connectivity index (χ1v) is 10.4. The van der Waals surface area contributed by atoms with E-state index in [9.17, 15) is 9.18 Å². The molecule has 2 heterocycles. The number of carbonyl (C=O) groups is 1. The molecule has 2 aromatic heterocycles. The molecule has 0 saturated heterocycles. The summed E-state index contributed by atoms with van der Waals surface area (Å²) in [6.45, 7) is 1.82. The molecular formula is C24H22FN5O2. The molecule has 0 spiro atoms. The van der Waals surface area contributed by atoms with Gasteiger partial charge in [0.2, 0.25) is 5.91 Å². The molecule has 1 saturated carbocycles. The second-order valence-corrected chi connectivity index (χ2v) is 8.03. The fourth-order valence-corrected chi connectivity index (χ4v) is 3.91. The average Bonchev–Trinajstić information content (AvgIpc) is 3.51. The minimum Gasteiger partial charge on any atom is -0.497 e. The zero-order valence-corrected chi connectivity index (χ0v) is 17.7. The molecule has 0 aliphatic heterocycles. The van der Waals surface area contributed by atoms with E-state index in [1.807, 2.05) is 37.3 Å². The number of hydrogen-bond donors (Lipinski definition) is 1. The first kappa shape index (κ1) is 20.1. The van der Waals surface area contributed by atoms with Gasteiger partial charge in [-0.3, -0.25) is 4.79 Å². The smallest absolute Gasteiger partial charge is 0.231 e. The van der Waals surface area contributed by atoms with E-state index in [4.69, 9.17) is 4.74 Å². The van der Waals surface area contributed by atoms with Crippen LogP contribution in [0.1, 0.15) is 37.2 Å². The van der Waals surface area contributed by atoms with Gasteiger partial charge in [-0.25, -0.2) is 18.9 Å². The molecule has 7 nitrogen and oxygen atoms in total. The van der Waals surface area contributed by atoms with E-state index in [1.54, 1.807) is 36.2 Å². The van der Waals surface area contributed by atoms with E-state index < -0.39 is 11.5 Å². The van der Waals surface area contributed by atoms with Crippen LogP contribution in [0.3, 0.4) is 0 Å². The number of aromatic nitrogens is 4. The highest BCUT2D eigenvalue weighted by atomic mass is 19.1. The molecule has 5 rings (SSSR count). The molecule has 1 aliphatic rings. The lowest BCUT2D eigenvalue weighted by atomic mass is 9.94. The number of fused-ring (bicyclic) bond motifs is 1. The van der Waals surface area contributed by atoms with Crippen LogP contribution < -0.4 is 10.1 Å². The molecule has 162 valence electrons. The van der Waals surface area contributed by atoms with Crippen molar-refractivity contribution in [3.63, 3.8) is 0 Å². The van der Waals surface area contributed by atoms with Gasteiger partial charge < -0.3 is 10.1 Å². The summed E-state index contributed by atoms with van der Waals surface area (Å²) in [5.41, 5.74) is 1.95. The highest BCUT2D eigenvalue weighted by molar-refractivity contribution is 5.91. The third-order valence-electron chi connectivity index (χ3n) is 5.94. The van der Waals surface area contributed by atoms with Gasteiger partial charge in [-0.15, -0.1) is 5.10 Å². The monoisotopic (exact) mass is 431 g/mol. The number of halogens is 1. The SMILES string of the molecule is COc1ccc(-c2cc3nc([C@@H](C)NC(=O)C4(c5ccccc5F)CC4)nn3cn2)cc1. The molecule has 0 unspecified atom stereocenters.